The number of hydrogen-bond acceptors (Lipinski definition) is 2. The third-order valence-corrected chi connectivity index (χ3v) is 2.93. The maximum atomic E-state index is 13.8. The zero-order chi connectivity index (χ0) is 14.0. The number of hydrogen-bond donors (Lipinski definition) is 2. The fourth-order valence-corrected chi connectivity index (χ4v) is 1.76. The maximum absolute atomic E-state index is 13.8. The van der Waals surface area contributed by atoms with Crippen LogP contribution in [0.1, 0.15) is 5.56 Å². The first kappa shape index (κ1) is 13.7. The van der Waals surface area contributed by atoms with E-state index in [4.69, 9.17) is 17.3 Å². The van der Waals surface area contributed by atoms with Gasteiger partial charge in [-0.1, -0.05) is 23.8 Å². The summed E-state index contributed by atoms with van der Waals surface area (Å²) in [5.74, 6) is -1.53. The molecule has 0 aliphatic rings. The van der Waals surface area contributed by atoms with Gasteiger partial charge >= 0.3 is 0 Å². The monoisotopic (exact) mass is 298 g/mol. The lowest BCUT2D eigenvalue weighted by Gasteiger charge is -2.10. The molecule has 0 radical (unpaired) electrons. The number of rotatable bonds is 3. The van der Waals surface area contributed by atoms with Gasteiger partial charge in [0.05, 0.1) is 0 Å². The summed E-state index contributed by atoms with van der Waals surface area (Å²) in [6.07, 6.45) is 0. The first-order chi connectivity index (χ1) is 8.97. The van der Waals surface area contributed by atoms with Gasteiger partial charge in [0.15, 0.2) is 0 Å². The van der Waals surface area contributed by atoms with Crippen LogP contribution in [0.2, 0.25) is 5.02 Å². The lowest BCUT2D eigenvalue weighted by atomic mass is 10.1. The summed E-state index contributed by atoms with van der Waals surface area (Å²) in [5, 5.41) is 3.18. The summed E-state index contributed by atoms with van der Waals surface area (Å²) in [6, 6.07) is 8.63. The van der Waals surface area contributed by atoms with Crippen molar-refractivity contribution < 1.29 is 8.78 Å². The molecule has 2 aromatic carbocycles. The standard InChI is InChI=1S/C13H9ClF2N2S/c14-8-1-3-9(4-2-8)18-12-10(15)5-7(13(17)19)6-11(12)16/h1-6,18H,(H2,17,19). The molecule has 0 unspecified atom stereocenters. The van der Waals surface area contributed by atoms with Crippen molar-refractivity contribution in [3.05, 3.63) is 58.6 Å². The highest BCUT2D eigenvalue weighted by molar-refractivity contribution is 7.80. The number of benzene rings is 2. The van der Waals surface area contributed by atoms with E-state index in [1.165, 1.54) is 0 Å². The Kier molecular flexibility index (Phi) is 3.97. The minimum Gasteiger partial charge on any atom is -0.389 e. The zero-order valence-corrected chi connectivity index (χ0v) is 11.2. The summed E-state index contributed by atoms with van der Waals surface area (Å²) in [7, 11) is 0. The number of anilines is 2. The summed E-state index contributed by atoms with van der Waals surface area (Å²) < 4.78 is 27.6. The van der Waals surface area contributed by atoms with Gasteiger partial charge in [0.2, 0.25) is 0 Å². The molecule has 0 saturated heterocycles. The molecule has 0 spiro atoms. The molecular formula is C13H9ClF2N2S. The van der Waals surface area contributed by atoms with E-state index in [0.29, 0.717) is 10.7 Å². The molecule has 6 heteroatoms. The van der Waals surface area contributed by atoms with E-state index in [0.717, 1.165) is 12.1 Å². The Hall–Kier alpha value is -1.72. The van der Waals surface area contributed by atoms with Crippen LogP contribution in [0.3, 0.4) is 0 Å². The van der Waals surface area contributed by atoms with E-state index in [-0.39, 0.29) is 16.2 Å². The molecule has 0 heterocycles. The van der Waals surface area contributed by atoms with Crippen molar-refractivity contribution in [3.8, 4) is 0 Å². The van der Waals surface area contributed by atoms with Gasteiger partial charge in [0, 0.05) is 16.3 Å². The minimum absolute atomic E-state index is 0.0594. The highest BCUT2D eigenvalue weighted by Crippen LogP contribution is 2.25. The Balaban J connectivity index is 2.35. The van der Waals surface area contributed by atoms with E-state index >= 15 is 0 Å². The Morgan fingerprint density at radius 3 is 2.11 bits per heavy atom. The SMILES string of the molecule is NC(=S)c1cc(F)c(Nc2ccc(Cl)cc2)c(F)c1. The van der Waals surface area contributed by atoms with Gasteiger partial charge in [0.25, 0.3) is 0 Å². The van der Waals surface area contributed by atoms with Crippen molar-refractivity contribution in [3.63, 3.8) is 0 Å². The maximum Gasteiger partial charge on any atom is 0.150 e. The van der Waals surface area contributed by atoms with Crippen molar-refractivity contribution >= 4 is 40.2 Å². The molecule has 0 fully saturated rings. The van der Waals surface area contributed by atoms with Crippen LogP contribution in [-0.2, 0) is 0 Å². The van der Waals surface area contributed by atoms with Crippen LogP contribution in [0.4, 0.5) is 20.2 Å². The van der Waals surface area contributed by atoms with Crippen molar-refractivity contribution in [1.29, 1.82) is 0 Å². The fourth-order valence-electron chi connectivity index (χ4n) is 1.51. The number of nitrogens with two attached hydrogens (primary N) is 1. The highest BCUT2D eigenvalue weighted by Gasteiger charge is 2.12. The van der Waals surface area contributed by atoms with Crippen LogP contribution in [0.15, 0.2) is 36.4 Å². The molecule has 0 atom stereocenters. The quantitative estimate of drug-likeness (QED) is 0.841. The summed E-state index contributed by atoms with van der Waals surface area (Å²) >= 11 is 10.4. The summed E-state index contributed by atoms with van der Waals surface area (Å²) in [4.78, 5) is -0.0594. The number of nitrogens with one attached hydrogen (secondary N) is 1. The second-order valence-corrected chi connectivity index (χ2v) is 4.69. The molecule has 0 aliphatic carbocycles. The lowest BCUT2D eigenvalue weighted by Crippen LogP contribution is -2.11. The molecular weight excluding hydrogens is 290 g/mol. The fraction of sp³-hybridized carbons (Fsp3) is 0. The molecule has 0 aromatic heterocycles. The Morgan fingerprint density at radius 2 is 1.63 bits per heavy atom. The third-order valence-electron chi connectivity index (χ3n) is 2.44. The third kappa shape index (κ3) is 3.19. The highest BCUT2D eigenvalue weighted by atomic mass is 35.5. The summed E-state index contributed by atoms with van der Waals surface area (Å²) in [6.45, 7) is 0. The van der Waals surface area contributed by atoms with Crippen molar-refractivity contribution in [1.82, 2.24) is 0 Å². The van der Waals surface area contributed by atoms with Gasteiger partial charge in [-0.25, -0.2) is 8.78 Å². The van der Waals surface area contributed by atoms with Crippen LogP contribution < -0.4 is 11.1 Å². The molecule has 19 heavy (non-hydrogen) atoms. The van der Waals surface area contributed by atoms with E-state index in [2.05, 4.69) is 17.5 Å². The largest absolute Gasteiger partial charge is 0.389 e. The van der Waals surface area contributed by atoms with Gasteiger partial charge in [-0.15, -0.1) is 0 Å². The molecule has 98 valence electrons. The smallest absolute Gasteiger partial charge is 0.150 e. The number of thiocarbonyl (C=S) groups is 1. The van der Waals surface area contributed by atoms with Crippen LogP contribution >= 0.6 is 23.8 Å². The van der Waals surface area contributed by atoms with Crippen LogP contribution in [-0.4, -0.2) is 4.99 Å². The van der Waals surface area contributed by atoms with E-state index in [1.54, 1.807) is 24.3 Å². The molecule has 0 saturated carbocycles. The average Bonchev–Trinajstić information content (AvgIpc) is 2.35. The van der Waals surface area contributed by atoms with Crippen molar-refractivity contribution in [2.24, 2.45) is 5.73 Å². The average molecular weight is 299 g/mol. The molecule has 0 amide bonds. The lowest BCUT2D eigenvalue weighted by molar-refractivity contribution is 0.590. The Morgan fingerprint density at radius 1 is 1.11 bits per heavy atom. The van der Waals surface area contributed by atoms with Gasteiger partial charge < -0.3 is 11.1 Å². The van der Waals surface area contributed by atoms with Crippen molar-refractivity contribution in [2.45, 2.75) is 0 Å². The first-order valence-corrected chi connectivity index (χ1v) is 6.07. The van der Waals surface area contributed by atoms with E-state index < -0.39 is 11.6 Å². The normalized spacial score (nSPS) is 10.3. The predicted molar refractivity (Wildman–Crippen MR) is 77.0 cm³/mol. The zero-order valence-electron chi connectivity index (χ0n) is 9.58. The van der Waals surface area contributed by atoms with Gasteiger partial charge in [-0.3, -0.25) is 0 Å². The van der Waals surface area contributed by atoms with Crippen LogP contribution in [0.5, 0.6) is 0 Å². The number of halogens is 3. The summed E-state index contributed by atoms with van der Waals surface area (Å²) in [5.41, 5.74) is 5.74. The molecule has 2 aromatic rings. The minimum atomic E-state index is -0.766. The first-order valence-electron chi connectivity index (χ1n) is 5.29. The van der Waals surface area contributed by atoms with Gasteiger partial charge in [0.1, 0.15) is 22.3 Å². The second kappa shape index (κ2) is 5.50. The predicted octanol–water partition coefficient (Wildman–Crippen LogP) is 4.00. The topological polar surface area (TPSA) is 38.0 Å². The Bertz CT molecular complexity index is 606. The molecule has 2 nitrogen and oxygen atoms in total. The van der Waals surface area contributed by atoms with Crippen LogP contribution in [0, 0.1) is 11.6 Å². The van der Waals surface area contributed by atoms with Gasteiger partial charge in [-0.05, 0) is 36.4 Å². The van der Waals surface area contributed by atoms with E-state index in [9.17, 15) is 8.78 Å². The van der Waals surface area contributed by atoms with Crippen LogP contribution in [0.25, 0.3) is 0 Å². The van der Waals surface area contributed by atoms with E-state index in [1.807, 2.05) is 0 Å². The van der Waals surface area contributed by atoms with Gasteiger partial charge in [-0.2, -0.15) is 0 Å². The molecule has 0 aliphatic heterocycles. The Labute approximate surface area is 119 Å². The van der Waals surface area contributed by atoms with Crippen molar-refractivity contribution in [2.75, 3.05) is 5.32 Å². The molecule has 2 rings (SSSR count). The molecule has 0 bridgehead atoms. The second-order valence-electron chi connectivity index (χ2n) is 3.81. The molecule has 3 N–H and O–H groups in total.